The van der Waals surface area contributed by atoms with Crippen molar-refractivity contribution in [3.8, 4) is 0 Å². The van der Waals surface area contributed by atoms with Gasteiger partial charge in [-0.1, -0.05) is 6.58 Å². The summed E-state index contributed by atoms with van der Waals surface area (Å²) >= 11 is 1.75. The van der Waals surface area contributed by atoms with Crippen molar-refractivity contribution in [1.82, 2.24) is 4.90 Å². The predicted octanol–water partition coefficient (Wildman–Crippen LogP) is 3.52. The normalized spacial score (nSPS) is 11.2. The second-order valence-corrected chi connectivity index (χ2v) is 4.36. The Morgan fingerprint density at radius 1 is 1.60 bits per heavy atom. The van der Waals surface area contributed by atoms with E-state index in [9.17, 15) is 0 Å². The standard InChI is InChI=1S/C12H16N2S/c1-5-14(6-2)11(9-13-4)12-8-7-10(3)15-12/h5,7-9H,1,4,6H2,2-3H3/b11-9-. The minimum Gasteiger partial charge on any atom is -0.346 e. The second-order valence-electron chi connectivity index (χ2n) is 3.08. The molecule has 0 bridgehead atoms. The number of rotatable bonds is 5. The lowest BCUT2D eigenvalue weighted by molar-refractivity contribution is 0.564. The van der Waals surface area contributed by atoms with Gasteiger partial charge in [0.05, 0.1) is 16.8 Å². The van der Waals surface area contributed by atoms with Gasteiger partial charge < -0.3 is 4.90 Å². The molecule has 15 heavy (non-hydrogen) atoms. The van der Waals surface area contributed by atoms with E-state index >= 15 is 0 Å². The summed E-state index contributed by atoms with van der Waals surface area (Å²) < 4.78 is 0. The molecule has 0 fully saturated rings. The third-order valence-electron chi connectivity index (χ3n) is 2.08. The SMILES string of the molecule is C=CN(CC)/C(=C\N=C)c1ccc(C)s1. The number of hydrogen-bond donors (Lipinski definition) is 0. The zero-order chi connectivity index (χ0) is 11.3. The van der Waals surface area contributed by atoms with Crippen LogP contribution in [-0.2, 0) is 0 Å². The van der Waals surface area contributed by atoms with Gasteiger partial charge in [-0.15, -0.1) is 11.3 Å². The van der Waals surface area contributed by atoms with Gasteiger partial charge in [-0.05, 0) is 38.9 Å². The lowest BCUT2D eigenvalue weighted by atomic mass is 10.3. The fourth-order valence-electron chi connectivity index (χ4n) is 1.34. The Labute approximate surface area is 95.3 Å². The summed E-state index contributed by atoms with van der Waals surface area (Å²) in [4.78, 5) is 8.39. The molecule has 2 nitrogen and oxygen atoms in total. The van der Waals surface area contributed by atoms with Crippen LogP contribution >= 0.6 is 11.3 Å². The Morgan fingerprint density at radius 3 is 2.73 bits per heavy atom. The molecular weight excluding hydrogens is 204 g/mol. The van der Waals surface area contributed by atoms with Crippen LogP contribution in [0.15, 0.2) is 36.1 Å². The van der Waals surface area contributed by atoms with Crippen LogP contribution in [0, 0.1) is 6.92 Å². The van der Waals surface area contributed by atoms with Crippen molar-refractivity contribution in [2.45, 2.75) is 13.8 Å². The number of nitrogens with zero attached hydrogens (tertiary/aromatic N) is 2. The predicted molar refractivity (Wildman–Crippen MR) is 69.2 cm³/mol. The molecule has 3 heteroatoms. The van der Waals surface area contributed by atoms with Gasteiger partial charge in [0.1, 0.15) is 0 Å². The van der Waals surface area contributed by atoms with E-state index in [1.54, 1.807) is 17.5 Å². The van der Waals surface area contributed by atoms with Crippen molar-refractivity contribution >= 4 is 23.8 Å². The molecule has 1 aromatic heterocycles. The quantitative estimate of drug-likeness (QED) is 0.693. The molecule has 0 saturated heterocycles. The number of thiophene rings is 1. The van der Waals surface area contributed by atoms with E-state index in [-0.39, 0.29) is 0 Å². The van der Waals surface area contributed by atoms with Gasteiger partial charge in [0.2, 0.25) is 0 Å². The molecule has 1 heterocycles. The molecule has 0 atom stereocenters. The zero-order valence-electron chi connectivity index (χ0n) is 9.23. The maximum atomic E-state index is 3.84. The monoisotopic (exact) mass is 220 g/mol. The van der Waals surface area contributed by atoms with Crippen molar-refractivity contribution in [1.29, 1.82) is 0 Å². The average Bonchev–Trinajstić information content (AvgIpc) is 2.65. The van der Waals surface area contributed by atoms with Crippen molar-refractivity contribution in [2.24, 2.45) is 4.99 Å². The fourth-order valence-corrected chi connectivity index (χ4v) is 2.23. The van der Waals surface area contributed by atoms with Crippen molar-refractivity contribution in [3.63, 3.8) is 0 Å². The Morgan fingerprint density at radius 2 is 2.33 bits per heavy atom. The molecule has 80 valence electrons. The van der Waals surface area contributed by atoms with Crippen LogP contribution in [0.2, 0.25) is 0 Å². The van der Waals surface area contributed by atoms with E-state index in [1.807, 2.05) is 6.20 Å². The highest BCUT2D eigenvalue weighted by atomic mass is 32.1. The molecule has 0 saturated carbocycles. The summed E-state index contributed by atoms with van der Waals surface area (Å²) in [6, 6.07) is 4.21. The molecule has 1 rings (SSSR count). The van der Waals surface area contributed by atoms with Crippen LogP contribution in [0.1, 0.15) is 16.7 Å². The van der Waals surface area contributed by atoms with Gasteiger partial charge in [0.15, 0.2) is 0 Å². The largest absolute Gasteiger partial charge is 0.346 e. The molecule has 0 N–H and O–H groups in total. The molecule has 0 aliphatic carbocycles. The molecule has 0 radical (unpaired) electrons. The third-order valence-corrected chi connectivity index (χ3v) is 3.10. The fraction of sp³-hybridized carbons (Fsp3) is 0.250. The molecule has 0 unspecified atom stereocenters. The van der Waals surface area contributed by atoms with Crippen molar-refractivity contribution in [3.05, 3.63) is 40.9 Å². The van der Waals surface area contributed by atoms with E-state index in [0.29, 0.717) is 0 Å². The first-order valence-corrected chi connectivity index (χ1v) is 5.66. The number of hydrogen-bond acceptors (Lipinski definition) is 3. The van der Waals surface area contributed by atoms with E-state index in [0.717, 1.165) is 12.2 Å². The van der Waals surface area contributed by atoms with Gasteiger partial charge in [-0.25, -0.2) is 0 Å². The molecule has 0 aliphatic heterocycles. The highest BCUT2D eigenvalue weighted by Crippen LogP contribution is 2.26. The Bertz CT molecular complexity index is 377. The highest BCUT2D eigenvalue weighted by Gasteiger charge is 2.08. The van der Waals surface area contributed by atoms with E-state index in [4.69, 9.17) is 0 Å². The average molecular weight is 220 g/mol. The first kappa shape index (κ1) is 11.7. The third kappa shape index (κ3) is 2.80. The first-order valence-electron chi connectivity index (χ1n) is 4.85. The topological polar surface area (TPSA) is 15.6 Å². The summed E-state index contributed by atoms with van der Waals surface area (Å²) in [7, 11) is 0. The Hall–Kier alpha value is -1.35. The zero-order valence-corrected chi connectivity index (χ0v) is 10.0. The summed E-state index contributed by atoms with van der Waals surface area (Å²) in [5, 5.41) is 0. The van der Waals surface area contributed by atoms with Crippen LogP contribution in [-0.4, -0.2) is 18.2 Å². The van der Waals surface area contributed by atoms with Gasteiger partial charge in [-0.3, -0.25) is 4.99 Å². The summed E-state index contributed by atoms with van der Waals surface area (Å²) in [5.41, 5.74) is 1.06. The molecule has 0 amide bonds. The first-order chi connectivity index (χ1) is 7.22. The minimum absolute atomic E-state index is 0.877. The smallest absolute Gasteiger partial charge is 0.0766 e. The maximum Gasteiger partial charge on any atom is 0.0766 e. The van der Waals surface area contributed by atoms with Crippen molar-refractivity contribution in [2.75, 3.05) is 6.54 Å². The molecule has 1 aromatic rings. The maximum absolute atomic E-state index is 3.84. The number of aliphatic imine (C=N–C) groups is 1. The molecule has 0 aromatic carbocycles. The Balaban J connectivity index is 3.07. The van der Waals surface area contributed by atoms with Gasteiger partial charge >= 0.3 is 0 Å². The molecule has 0 spiro atoms. The summed E-state index contributed by atoms with van der Waals surface area (Å²) in [6.45, 7) is 12.3. The molecular formula is C12H16N2S. The highest BCUT2D eigenvalue weighted by molar-refractivity contribution is 7.13. The van der Waals surface area contributed by atoms with Crippen molar-refractivity contribution < 1.29 is 0 Å². The minimum atomic E-state index is 0.877. The number of aryl methyl sites for hydroxylation is 1. The van der Waals surface area contributed by atoms with Crippen LogP contribution < -0.4 is 0 Å². The van der Waals surface area contributed by atoms with Gasteiger partial charge in [0, 0.05) is 11.4 Å². The van der Waals surface area contributed by atoms with E-state index in [1.165, 1.54) is 9.75 Å². The summed E-state index contributed by atoms with van der Waals surface area (Å²) in [5.74, 6) is 0. The second kappa shape index (κ2) is 5.51. The van der Waals surface area contributed by atoms with Crippen LogP contribution in [0.5, 0.6) is 0 Å². The summed E-state index contributed by atoms with van der Waals surface area (Å²) in [6.07, 6.45) is 3.59. The van der Waals surface area contributed by atoms with E-state index in [2.05, 4.69) is 49.2 Å². The molecule has 0 aliphatic rings. The van der Waals surface area contributed by atoms with Gasteiger partial charge in [0.25, 0.3) is 0 Å². The van der Waals surface area contributed by atoms with Crippen LogP contribution in [0.3, 0.4) is 0 Å². The van der Waals surface area contributed by atoms with Crippen LogP contribution in [0.25, 0.3) is 5.70 Å². The Kier molecular flexibility index (Phi) is 4.31. The van der Waals surface area contributed by atoms with E-state index < -0.39 is 0 Å². The lowest BCUT2D eigenvalue weighted by Gasteiger charge is -2.19. The lowest BCUT2D eigenvalue weighted by Crippen LogP contribution is -2.13. The van der Waals surface area contributed by atoms with Gasteiger partial charge in [-0.2, -0.15) is 0 Å². The van der Waals surface area contributed by atoms with Crippen LogP contribution in [0.4, 0.5) is 0 Å².